The van der Waals surface area contributed by atoms with Crippen LogP contribution < -0.4 is 4.90 Å². The number of rotatable bonds is 7. The average molecular weight is 417 g/mol. The molecule has 0 unspecified atom stereocenters. The van der Waals surface area contributed by atoms with Crippen molar-refractivity contribution in [2.45, 2.75) is 31.8 Å². The van der Waals surface area contributed by atoms with E-state index in [9.17, 15) is 13.2 Å². The van der Waals surface area contributed by atoms with Crippen LogP contribution in [0.2, 0.25) is 0 Å². The van der Waals surface area contributed by atoms with Crippen molar-refractivity contribution in [1.82, 2.24) is 14.1 Å². The van der Waals surface area contributed by atoms with Gasteiger partial charge in [-0.15, -0.1) is 0 Å². The third-order valence-corrected chi connectivity index (χ3v) is 6.80. The Kier molecular flexibility index (Phi) is 5.90. The molecule has 2 aromatic heterocycles. The number of aryl methyl sites for hydroxylation is 1. The van der Waals surface area contributed by atoms with Gasteiger partial charge in [-0.3, -0.25) is 9.48 Å². The van der Waals surface area contributed by atoms with E-state index in [0.717, 1.165) is 5.69 Å². The fourth-order valence-electron chi connectivity index (χ4n) is 3.10. The van der Waals surface area contributed by atoms with E-state index in [1.54, 1.807) is 33.0 Å². The number of likely N-dealkylation sites (N-methyl/N-ethyl adjacent to an activating group) is 1. The third kappa shape index (κ3) is 4.25. The summed E-state index contributed by atoms with van der Waals surface area (Å²) in [6.07, 6.45) is 1.50. The van der Waals surface area contributed by atoms with E-state index in [1.807, 2.05) is 30.3 Å². The van der Waals surface area contributed by atoms with Gasteiger partial charge in [0.15, 0.2) is 0 Å². The summed E-state index contributed by atoms with van der Waals surface area (Å²) >= 11 is 0. The van der Waals surface area contributed by atoms with E-state index < -0.39 is 10.0 Å². The SMILES string of the molecule is Cc1nn(CC(=O)N(C)c2ccccc2)c(C)c1S(=O)(=O)N(C)Cc1ccco1. The number of carbonyl (C=O) groups excluding carboxylic acids is 1. The molecule has 0 N–H and O–H groups in total. The van der Waals surface area contributed by atoms with Crippen LogP contribution in [0.4, 0.5) is 5.69 Å². The number of carbonyl (C=O) groups is 1. The maximum absolute atomic E-state index is 13.1. The summed E-state index contributed by atoms with van der Waals surface area (Å²) in [5.74, 6) is 0.341. The Labute approximate surface area is 170 Å². The predicted molar refractivity (Wildman–Crippen MR) is 109 cm³/mol. The number of aromatic nitrogens is 2. The molecule has 0 fully saturated rings. The summed E-state index contributed by atoms with van der Waals surface area (Å²) in [6, 6.07) is 12.7. The monoisotopic (exact) mass is 416 g/mol. The van der Waals surface area contributed by atoms with Crippen LogP contribution in [0.25, 0.3) is 0 Å². The minimum absolute atomic E-state index is 0.0600. The standard InChI is InChI=1S/C20H24N4O4S/c1-15-20(29(26,27)22(3)13-18-11-8-12-28-18)16(2)24(21-15)14-19(25)23(4)17-9-6-5-7-10-17/h5-12H,13-14H2,1-4H3. The smallest absolute Gasteiger partial charge is 0.248 e. The Morgan fingerprint density at radius 2 is 1.79 bits per heavy atom. The van der Waals surface area contributed by atoms with E-state index in [0.29, 0.717) is 17.1 Å². The summed E-state index contributed by atoms with van der Waals surface area (Å²) in [6.45, 7) is 3.33. The molecule has 3 rings (SSSR count). The lowest BCUT2D eigenvalue weighted by atomic mass is 10.3. The minimum Gasteiger partial charge on any atom is -0.468 e. The van der Waals surface area contributed by atoms with Crippen molar-refractivity contribution >= 4 is 21.6 Å². The summed E-state index contributed by atoms with van der Waals surface area (Å²) in [5.41, 5.74) is 1.53. The van der Waals surface area contributed by atoms with Crippen molar-refractivity contribution in [3.05, 3.63) is 65.9 Å². The van der Waals surface area contributed by atoms with Crippen LogP contribution >= 0.6 is 0 Å². The summed E-state index contributed by atoms with van der Waals surface area (Å²) in [7, 11) is -0.631. The van der Waals surface area contributed by atoms with E-state index in [2.05, 4.69) is 5.10 Å². The molecule has 2 heterocycles. The fraction of sp³-hybridized carbons (Fsp3) is 0.300. The van der Waals surface area contributed by atoms with Crippen LogP contribution in [0.5, 0.6) is 0 Å². The summed E-state index contributed by atoms with van der Waals surface area (Å²) in [5, 5.41) is 4.31. The quantitative estimate of drug-likeness (QED) is 0.591. The molecular formula is C20H24N4O4S. The van der Waals surface area contributed by atoms with Crippen LogP contribution in [0, 0.1) is 13.8 Å². The molecule has 1 amide bonds. The van der Waals surface area contributed by atoms with Gasteiger partial charge >= 0.3 is 0 Å². The van der Waals surface area contributed by atoms with Crippen LogP contribution in [-0.4, -0.2) is 42.5 Å². The largest absolute Gasteiger partial charge is 0.468 e. The van der Waals surface area contributed by atoms with Gasteiger partial charge in [0.2, 0.25) is 15.9 Å². The first-order valence-electron chi connectivity index (χ1n) is 9.06. The Morgan fingerprint density at radius 3 is 2.41 bits per heavy atom. The van der Waals surface area contributed by atoms with Crippen LogP contribution in [0.1, 0.15) is 17.1 Å². The molecule has 0 bridgehead atoms. The Bertz CT molecular complexity index is 1090. The number of anilines is 1. The number of benzene rings is 1. The zero-order valence-corrected chi connectivity index (χ0v) is 17.7. The number of hydrogen-bond donors (Lipinski definition) is 0. The highest BCUT2D eigenvalue weighted by molar-refractivity contribution is 7.89. The second-order valence-electron chi connectivity index (χ2n) is 6.79. The molecule has 0 radical (unpaired) electrons. The molecule has 1 aromatic carbocycles. The Balaban J connectivity index is 1.83. The molecule has 8 nitrogen and oxygen atoms in total. The van der Waals surface area contributed by atoms with Crippen LogP contribution in [-0.2, 0) is 27.9 Å². The molecular weight excluding hydrogens is 392 g/mol. The second kappa shape index (κ2) is 8.22. The molecule has 154 valence electrons. The van der Waals surface area contributed by atoms with Crippen molar-refractivity contribution < 1.29 is 17.6 Å². The van der Waals surface area contributed by atoms with Gasteiger partial charge in [0, 0.05) is 19.8 Å². The first-order valence-corrected chi connectivity index (χ1v) is 10.5. The van der Waals surface area contributed by atoms with Gasteiger partial charge in [-0.05, 0) is 38.1 Å². The first-order chi connectivity index (χ1) is 13.7. The van der Waals surface area contributed by atoms with Gasteiger partial charge in [0.05, 0.1) is 24.2 Å². The normalized spacial score (nSPS) is 11.8. The van der Waals surface area contributed by atoms with Crippen molar-refractivity contribution in [3.8, 4) is 0 Å². The average Bonchev–Trinajstić information content (AvgIpc) is 3.29. The molecule has 0 aliphatic carbocycles. The van der Waals surface area contributed by atoms with Gasteiger partial charge in [-0.2, -0.15) is 9.40 Å². The minimum atomic E-state index is -3.80. The number of hydrogen-bond acceptors (Lipinski definition) is 5. The van der Waals surface area contributed by atoms with Crippen molar-refractivity contribution in [1.29, 1.82) is 0 Å². The lowest BCUT2D eigenvalue weighted by molar-refractivity contribution is -0.119. The van der Waals surface area contributed by atoms with E-state index in [-0.39, 0.29) is 23.9 Å². The predicted octanol–water partition coefficient (Wildman–Crippen LogP) is 2.58. The molecule has 29 heavy (non-hydrogen) atoms. The van der Waals surface area contributed by atoms with E-state index >= 15 is 0 Å². The Morgan fingerprint density at radius 1 is 1.10 bits per heavy atom. The topological polar surface area (TPSA) is 88.7 Å². The maximum Gasteiger partial charge on any atom is 0.248 e. The van der Waals surface area contributed by atoms with Crippen molar-refractivity contribution in [2.24, 2.45) is 0 Å². The number of sulfonamides is 1. The van der Waals surface area contributed by atoms with Gasteiger partial charge in [0.25, 0.3) is 0 Å². The molecule has 3 aromatic rings. The maximum atomic E-state index is 13.1. The molecule has 0 aliphatic rings. The zero-order valence-electron chi connectivity index (χ0n) is 16.9. The molecule has 0 saturated carbocycles. The van der Waals surface area contributed by atoms with E-state index in [4.69, 9.17) is 4.42 Å². The van der Waals surface area contributed by atoms with Gasteiger partial charge in [-0.1, -0.05) is 18.2 Å². The highest BCUT2D eigenvalue weighted by Gasteiger charge is 2.30. The summed E-state index contributed by atoms with van der Waals surface area (Å²) < 4.78 is 34.1. The Hall–Kier alpha value is -2.91. The van der Waals surface area contributed by atoms with E-state index in [1.165, 1.54) is 27.2 Å². The highest BCUT2D eigenvalue weighted by atomic mass is 32.2. The lowest BCUT2D eigenvalue weighted by Crippen LogP contribution is -2.31. The van der Waals surface area contributed by atoms with Crippen LogP contribution in [0.15, 0.2) is 58.0 Å². The summed E-state index contributed by atoms with van der Waals surface area (Å²) in [4.78, 5) is 14.3. The van der Waals surface area contributed by atoms with Gasteiger partial charge < -0.3 is 9.32 Å². The number of amides is 1. The van der Waals surface area contributed by atoms with Crippen molar-refractivity contribution in [3.63, 3.8) is 0 Å². The molecule has 9 heteroatoms. The number of para-hydroxylation sites is 1. The highest BCUT2D eigenvalue weighted by Crippen LogP contribution is 2.24. The second-order valence-corrected chi connectivity index (χ2v) is 8.77. The molecule has 0 aliphatic heterocycles. The van der Waals surface area contributed by atoms with Gasteiger partial charge in [-0.25, -0.2) is 8.42 Å². The molecule has 0 saturated heterocycles. The fourth-order valence-corrected chi connectivity index (χ4v) is 4.60. The molecule has 0 spiro atoms. The number of nitrogens with zero attached hydrogens (tertiary/aromatic N) is 4. The van der Waals surface area contributed by atoms with Crippen molar-refractivity contribution in [2.75, 3.05) is 19.0 Å². The third-order valence-electron chi connectivity index (χ3n) is 4.74. The first kappa shape index (κ1) is 20.8. The molecule has 0 atom stereocenters. The number of furan rings is 1. The van der Waals surface area contributed by atoms with Gasteiger partial charge in [0.1, 0.15) is 17.2 Å². The lowest BCUT2D eigenvalue weighted by Gasteiger charge is -2.18. The van der Waals surface area contributed by atoms with Crippen LogP contribution in [0.3, 0.4) is 0 Å². The zero-order chi connectivity index (χ0) is 21.2.